The number of unbranched alkanes of at least 4 members (excludes halogenated alkanes) is 1. The van der Waals surface area contributed by atoms with Crippen LogP contribution < -0.4 is 0 Å². The van der Waals surface area contributed by atoms with Crippen LogP contribution in [0.2, 0.25) is 0 Å². The average molecular weight is 155 g/mol. The van der Waals surface area contributed by atoms with Crippen molar-refractivity contribution in [3.63, 3.8) is 0 Å². The number of carbonyl (C=O) groups is 1. The lowest BCUT2D eigenvalue weighted by molar-refractivity contribution is -0.147. The molecule has 11 heavy (non-hydrogen) atoms. The Morgan fingerprint density at radius 2 is 2.36 bits per heavy atom. The zero-order valence-electron chi connectivity index (χ0n) is 7.01. The first-order valence-electron chi connectivity index (χ1n) is 4.36. The van der Waals surface area contributed by atoms with Gasteiger partial charge in [0.1, 0.15) is 6.61 Å². The maximum Gasteiger partial charge on any atom is 0.309 e. The molecule has 0 unspecified atom stereocenters. The first kappa shape index (κ1) is 8.57. The normalized spacial score (nSPS) is 17.5. The summed E-state index contributed by atoms with van der Waals surface area (Å²) in [4.78, 5) is 11.0. The third-order valence-electron chi connectivity index (χ3n) is 2.04. The van der Waals surface area contributed by atoms with Gasteiger partial charge in [-0.1, -0.05) is 19.8 Å². The van der Waals surface area contributed by atoms with Crippen molar-refractivity contribution in [2.75, 3.05) is 0 Å². The molecule has 0 amide bonds. The second kappa shape index (κ2) is 4.37. The molecule has 2 nitrogen and oxygen atoms in total. The molecule has 1 aliphatic carbocycles. The van der Waals surface area contributed by atoms with E-state index in [0.29, 0.717) is 0 Å². The first-order valence-corrected chi connectivity index (χ1v) is 4.36. The SMILES string of the molecule is CCC[CH]OC(=O)C1CCC1. The quantitative estimate of drug-likeness (QED) is 0.460. The van der Waals surface area contributed by atoms with Gasteiger partial charge in [0.15, 0.2) is 0 Å². The fourth-order valence-corrected chi connectivity index (χ4v) is 0.999. The van der Waals surface area contributed by atoms with Crippen molar-refractivity contribution in [1.29, 1.82) is 0 Å². The summed E-state index contributed by atoms with van der Waals surface area (Å²) < 4.78 is 4.92. The van der Waals surface area contributed by atoms with Crippen LogP contribution in [0.3, 0.4) is 0 Å². The lowest BCUT2D eigenvalue weighted by Gasteiger charge is -2.22. The van der Waals surface area contributed by atoms with Gasteiger partial charge in [-0.2, -0.15) is 0 Å². The Morgan fingerprint density at radius 1 is 1.64 bits per heavy atom. The van der Waals surface area contributed by atoms with Gasteiger partial charge in [-0.15, -0.1) is 0 Å². The van der Waals surface area contributed by atoms with E-state index >= 15 is 0 Å². The fourth-order valence-electron chi connectivity index (χ4n) is 0.999. The second-order valence-corrected chi connectivity index (χ2v) is 3.02. The van der Waals surface area contributed by atoms with Crippen LogP contribution in [0.1, 0.15) is 39.0 Å². The van der Waals surface area contributed by atoms with Crippen molar-refractivity contribution in [2.24, 2.45) is 5.92 Å². The van der Waals surface area contributed by atoms with Gasteiger partial charge in [0.2, 0.25) is 0 Å². The molecule has 0 aromatic carbocycles. The lowest BCUT2D eigenvalue weighted by Crippen LogP contribution is -2.23. The molecule has 1 fully saturated rings. The zero-order valence-corrected chi connectivity index (χ0v) is 7.01. The molecule has 0 saturated heterocycles. The molecule has 63 valence electrons. The number of carbonyl (C=O) groups excluding carboxylic acids is 1. The minimum Gasteiger partial charge on any atom is -0.458 e. The molecule has 1 saturated carbocycles. The third kappa shape index (κ3) is 2.52. The molecule has 1 aliphatic rings. The van der Waals surface area contributed by atoms with E-state index in [1.54, 1.807) is 6.61 Å². The third-order valence-corrected chi connectivity index (χ3v) is 2.04. The molecule has 0 N–H and O–H groups in total. The summed E-state index contributed by atoms with van der Waals surface area (Å²) in [6.45, 7) is 3.69. The van der Waals surface area contributed by atoms with Gasteiger partial charge in [0, 0.05) is 0 Å². The van der Waals surface area contributed by atoms with E-state index in [9.17, 15) is 4.79 Å². The molecular weight excluding hydrogens is 140 g/mol. The highest BCUT2D eigenvalue weighted by atomic mass is 16.5. The molecule has 2 heteroatoms. The van der Waals surface area contributed by atoms with Gasteiger partial charge >= 0.3 is 5.97 Å². The maximum atomic E-state index is 11.0. The van der Waals surface area contributed by atoms with Crippen LogP contribution in [0.15, 0.2) is 0 Å². The molecule has 0 spiro atoms. The molecule has 0 aromatic heterocycles. The van der Waals surface area contributed by atoms with E-state index in [4.69, 9.17) is 4.74 Å². The predicted molar refractivity (Wildman–Crippen MR) is 42.6 cm³/mol. The Hall–Kier alpha value is -0.530. The standard InChI is InChI=1S/C9H15O2/c1-2-3-7-11-9(10)8-5-4-6-8/h7-8H,2-6H2,1H3. The maximum absolute atomic E-state index is 11.0. The molecule has 1 rings (SSSR count). The van der Waals surface area contributed by atoms with Crippen LogP contribution in [-0.4, -0.2) is 5.97 Å². The summed E-state index contributed by atoms with van der Waals surface area (Å²) in [5.74, 6) is 0.188. The van der Waals surface area contributed by atoms with Crippen LogP contribution in [-0.2, 0) is 9.53 Å². The lowest BCUT2D eigenvalue weighted by atomic mass is 9.86. The van der Waals surface area contributed by atoms with Crippen molar-refractivity contribution < 1.29 is 9.53 Å². The largest absolute Gasteiger partial charge is 0.458 e. The monoisotopic (exact) mass is 155 g/mol. The summed E-state index contributed by atoms with van der Waals surface area (Å²) in [6.07, 6.45) is 5.15. The molecule has 0 heterocycles. The molecule has 0 aromatic rings. The number of rotatable bonds is 4. The number of hydrogen-bond donors (Lipinski definition) is 0. The molecule has 0 aliphatic heterocycles. The Labute approximate surface area is 67.9 Å². The van der Waals surface area contributed by atoms with Gasteiger partial charge in [0.25, 0.3) is 0 Å². The highest BCUT2D eigenvalue weighted by Gasteiger charge is 2.26. The van der Waals surface area contributed by atoms with Crippen molar-refractivity contribution >= 4 is 5.97 Å². The van der Waals surface area contributed by atoms with Crippen LogP contribution in [0.25, 0.3) is 0 Å². The van der Waals surface area contributed by atoms with Gasteiger partial charge in [0.05, 0.1) is 5.92 Å². The summed E-state index contributed by atoms with van der Waals surface area (Å²) in [7, 11) is 0. The van der Waals surface area contributed by atoms with Crippen LogP contribution in [0, 0.1) is 12.5 Å². The molecular formula is C9H15O2. The van der Waals surface area contributed by atoms with Crippen LogP contribution in [0.5, 0.6) is 0 Å². The van der Waals surface area contributed by atoms with Crippen molar-refractivity contribution in [2.45, 2.75) is 39.0 Å². The zero-order chi connectivity index (χ0) is 8.10. The Bertz CT molecular complexity index is 128. The van der Waals surface area contributed by atoms with Crippen molar-refractivity contribution in [1.82, 2.24) is 0 Å². The fraction of sp³-hybridized carbons (Fsp3) is 0.778. The highest BCUT2D eigenvalue weighted by Crippen LogP contribution is 2.27. The smallest absolute Gasteiger partial charge is 0.309 e. The van der Waals surface area contributed by atoms with E-state index in [-0.39, 0.29) is 11.9 Å². The minimum absolute atomic E-state index is 0.0234. The van der Waals surface area contributed by atoms with Crippen molar-refractivity contribution in [3.8, 4) is 0 Å². The second-order valence-electron chi connectivity index (χ2n) is 3.02. The number of hydrogen-bond acceptors (Lipinski definition) is 2. The van der Waals surface area contributed by atoms with Gasteiger partial charge in [-0.25, -0.2) is 0 Å². The van der Waals surface area contributed by atoms with E-state index < -0.39 is 0 Å². The summed E-state index contributed by atoms with van der Waals surface area (Å²) in [5, 5.41) is 0. The van der Waals surface area contributed by atoms with E-state index in [2.05, 4.69) is 6.92 Å². The van der Waals surface area contributed by atoms with Crippen LogP contribution >= 0.6 is 0 Å². The Kier molecular flexibility index (Phi) is 3.40. The van der Waals surface area contributed by atoms with E-state index in [0.717, 1.165) is 25.7 Å². The van der Waals surface area contributed by atoms with E-state index in [1.807, 2.05) is 0 Å². The van der Waals surface area contributed by atoms with E-state index in [1.165, 1.54) is 6.42 Å². The minimum atomic E-state index is -0.0234. The Morgan fingerprint density at radius 3 is 2.82 bits per heavy atom. The number of ether oxygens (including phenoxy) is 1. The molecule has 0 atom stereocenters. The number of esters is 1. The summed E-state index contributed by atoms with van der Waals surface area (Å²) in [6, 6.07) is 0. The average Bonchev–Trinajstić information content (AvgIpc) is 1.84. The Balaban J connectivity index is 2.01. The highest BCUT2D eigenvalue weighted by molar-refractivity contribution is 5.73. The van der Waals surface area contributed by atoms with Crippen molar-refractivity contribution in [3.05, 3.63) is 6.61 Å². The van der Waals surface area contributed by atoms with Gasteiger partial charge in [-0.3, -0.25) is 4.79 Å². The first-order chi connectivity index (χ1) is 5.34. The molecule has 0 bridgehead atoms. The molecule has 1 radical (unpaired) electrons. The van der Waals surface area contributed by atoms with Gasteiger partial charge in [-0.05, 0) is 19.3 Å². The summed E-state index contributed by atoms with van der Waals surface area (Å²) >= 11 is 0. The van der Waals surface area contributed by atoms with Crippen LogP contribution in [0.4, 0.5) is 0 Å². The predicted octanol–water partition coefficient (Wildman–Crippen LogP) is 2.29. The topological polar surface area (TPSA) is 26.3 Å². The summed E-state index contributed by atoms with van der Waals surface area (Å²) in [5.41, 5.74) is 0. The van der Waals surface area contributed by atoms with Gasteiger partial charge < -0.3 is 4.74 Å².